The van der Waals surface area contributed by atoms with E-state index in [0.717, 1.165) is 35.0 Å². The maximum Gasteiger partial charge on any atom is 0.416 e. The van der Waals surface area contributed by atoms with Gasteiger partial charge in [-0.3, -0.25) is 9.36 Å². The van der Waals surface area contributed by atoms with Crippen LogP contribution in [0.3, 0.4) is 0 Å². The molecule has 0 radical (unpaired) electrons. The number of carbonyl (C=O) groups is 1. The van der Waals surface area contributed by atoms with Crippen molar-refractivity contribution in [3.05, 3.63) is 77.6 Å². The number of aryl methyl sites for hydroxylation is 2. The van der Waals surface area contributed by atoms with Crippen LogP contribution in [0.4, 0.5) is 18.9 Å². The molecule has 1 unspecified atom stereocenters. The second-order valence-electron chi connectivity index (χ2n) is 7.74. The minimum absolute atomic E-state index is 0.0577. The van der Waals surface area contributed by atoms with E-state index < -0.39 is 23.8 Å². The third-order valence-corrected chi connectivity index (χ3v) is 5.70. The lowest BCUT2D eigenvalue weighted by molar-refractivity contribution is -0.137. The van der Waals surface area contributed by atoms with Gasteiger partial charge < -0.3 is 10.1 Å². The Labute approximate surface area is 200 Å². The maximum atomic E-state index is 12.9. The molecular weight excluding hydrogens is 465 g/mol. The molecule has 2 aromatic carbocycles. The van der Waals surface area contributed by atoms with Gasteiger partial charge in [-0.25, -0.2) is 0 Å². The van der Waals surface area contributed by atoms with Gasteiger partial charge in [-0.05, 0) is 62.2 Å². The number of allylic oxidation sites excluding steroid dienone is 1. The van der Waals surface area contributed by atoms with Crippen molar-refractivity contribution in [3.8, 4) is 5.75 Å². The first-order valence-corrected chi connectivity index (χ1v) is 11.4. The van der Waals surface area contributed by atoms with E-state index in [-0.39, 0.29) is 11.4 Å². The number of aromatic nitrogens is 3. The average Bonchev–Trinajstić information content (AvgIpc) is 3.14. The molecule has 0 saturated heterocycles. The van der Waals surface area contributed by atoms with E-state index in [1.165, 1.54) is 12.1 Å². The SMILES string of the molecule is C=CCn1c(SCC(=O)Nc2cccc(C(F)(F)F)c2)nnc1C(C)Oc1cc(C)cc(C)c1. The van der Waals surface area contributed by atoms with Crippen LogP contribution in [0.2, 0.25) is 0 Å². The van der Waals surface area contributed by atoms with Crippen LogP contribution in [0.25, 0.3) is 0 Å². The van der Waals surface area contributed by atoms with Crippen molar-refractivity contribution in [2.24, 2.45) is 0 Å². The summed E-state index contributed by atoms with van der Waals surface area (Å²) >= 11 is 1.13. The van der Waals surface area contributed by atoms with Gasteiger partial charge >= 0.3 is 6.18 Å². The van der Waals surface area contributed by atoms with Gasteiger partial charge in [0.2, 0.25) is 5.91 Å². The first-order chi connectivity index (χ1) is 16.1. The number of hydrogen-bond donors (Lipinski definition) is 1. The van der Waals surface area contributed by atoms with Crippen molar-refractivity contribution in [3.63, 3.8) is 0 Å². The highest BCUT2D eigenvalue weighted by molar-refractivity contribution is 7.99. The lowest BCUT2D eigenvalue weighted by Crippen LogP contribution is -2.16. The molecule has 3 rings (SSSR count). The summed E-state index contributed by atoms with van der Waals surface area (Å²) in [6, 6.07) is 10.4. The molecule has 1 N–H and O–H groups in total. The van der Waals surface area contributed by atoms with Crippen molar-refractivity contribution >= 4 is 23.4 Å². The molecule has 1 aromatic heterocycles. The fraction of sp³-hybridized carbons (Fsp3) is 0.292. The highest BCUT2D eigenvalue weighted by Crippen LogP contribution is 2.31. The minimum atomic E-state index is -4.48. The maximum absolute atomic E-state index is 12.9. The van der Waals surface area contributed by atoms with Gasteiger partial charge in [0.1, 0.15) is 5.75 Å². The monoisotopic (exact) mass is 490 g/mol. The van der Waals surface area contributed by atoms with Crippen LogP contribution >= 0.6 is 11.8 Å². The smallest absolute Gasteiger partial charge is 0.416 e. The molecule has 0 aliphatic rings. The van der Waals surface area contributed by atoms with Crippen LogP contribution in [-0.2, 0) is 17.5 Å². The zero-order valence-electron chi connectivity index (χ0n) is 19.0. The van der Waals surface area contributed by atoms with E-state index in [0.29, 0.717) is 23.3 Å². The summed E-state index contributed by atoms with van der Waals surface area (Å²) in [6.45, 7) is 10.0. The van der Waals surface area contributed by atoms with Crippen molar-refractivity contribution < 1.29 is 22.7 Å². The number of anilines is 1. The largest absolute Gasteiger partial charge is 0.483 e. The Morgan fingerprint density at radius 1 is 1.21 bits per heavy atom. The predicted molar refractivity (Wildman–Crippen MR) is 126 cm³/mol. The van der Waals surface area contributed by atoms with Gasteiger partial charge in [-0.1, -0.05) is 30.0 Å². The minimum Gasteiger partial charge on any atom is -0.483 e. The van der Waals surface area contributed by atoms with Gasteiger partial charge in [0, 0.05) is 12.2 Å². The first-order valence-electron chi connectivity index (χ1n) is 10.5. The molecule has 1 heterocycles. The highest BCUT2D eigenvalue weighted by Gasteiger charge is 2.30. The standard InChI is InChI=1S/C24H25F3N4O2S/c1-5-9-31-22(17(4)33-20-11-15(2)10-16(3)12-20)29-30-23(31)34-14-21(32)28-19-8-6-7-18(13-19)24(25,26)27/h5-8,10-13,17H,1,9,14H2,2-4H3,(H,28,32). The number of halogens is 3. The Morgan fingerprint density at radius 2 is 1.91 bits per heavy atom. The van der Waals surface area contributed by atoms with E-state index in [4.69, 9.17) is 4.74 Å². The molecular formula is C24H25F3N4O2S. The van der Waals surface area contributed by atoms with Crippen LogP contribution in [-0.4, -0.2) is 26.4 Å². The second kappa shape index (κ2) is 10.8. The molecule has 0 fully saturated rings. The molecule has 3 aromatic rings. The summed E-state index contributed by atoms with van der Waals surface area (Å²) in [6.07, 6.45) is -3.21. The first kappa shape index (κ1) is 25.4. The number of thioether (sulfide) groups is 1. The van der Waals surface area contributed by atoms with Gasteiger partial charge in [0.15, 0.2) is 17.1 Å². The quantitative estimate of drug-likeness (QED) is 0.296. The third kappa shape index (κ3) is 6.63. The van der Waals surface area contributed by atoms with Crippen molar-refractivity contribution in [2.75, 3.05) is 11.1 Å². The highest BCUT2D eigenvalue weighted by atomic mass is 32.2. The molecule has 0 aliphatic carbocycles. The summed E-state index contributed by atoms with van der Waals surface area (Å²) in [7, 11) is 0. The second-order valence-corrected chi connectivity index (χ2v) is 8.68. The molecule has 180 valence electrons. The average molecular weight is 491 g/mol. The van der Waals surface area contributed by atoms with Gasteiger partial charge in [-0.15, -0.1) is 16.8 Å². The van der Waals surface area contributed by atoms with E-state index in [9.17, 15) is 18.0 Å². The zero-order valence-corrected chi connectivity index (χ0v) is 19.8. The van der Waals surface area contributed by atoms with Crippen LogP contribution in [0.5, 0.6) is 5.75 Å². The summed E-state index contributed by atoms with van der Waals surface area (Å²) in [5, 5.41) is 11.4. The number of nitrogens with zero attached hydrogens (tertiary/aromatic N) is 3. The lowest BCUT2D eigenvalue weighted by Gasteiger charge is -2.16. The topological polar surface area (TPSA) is 69.0 Å². The van der Waals surface area contributed by atoms with E-state index in [2.05, 4.69) is 28.2 Å². The normalized spacial score (nSPS) is 12.3. The van der Waals surface area contributed by atoms with Crippen molar-refractivity contribution in [2.45, 2.75) is 44.8 Å². The molecule has 10 heteroatoms. The van der Waals surface area contributed by atoms with Gasteiger partial charge in [0.05, 0.1) is 11.3 Å². The Hall–Kier alpha value is -3.27. The third-order valence-electron chi connectivity index (χ3n) is 4.73. The van der Waals surface area contributed by atoms with Crippen molar-refractivity contribution in [1.29, 1.82) is 0 Å². The Balaban J connectivity index is 1.68. The number of amides is 1. The fourth-order valence-corrected chi connectivity index (χ4v) is 4.12. The Bertz CT molecular complexity index is 1160. The van der Waals surface area contributed by atoms with E-state index in [1.807, 2.05) is 32.9 Å². The van der Waals surface area contributed by atoms with Crippen LogP contribution in [0.1, 0.15) is 35.5 Å². The zero-order chi connectivity index (χ0) is 24.9. The summed E-state index contributed by atoms with van der Waals surface area (Å²) in [5.74, 6) is 0.768. The summed E-state index contributed by atoms with van der Waals surface area (Å²) in [4.78, 5) is 12.3. The molecule has 0 spiro atoms. The number of rotatable bonds is 9. The lowest BCUT2D eigenvalue weighted by atomic mass is 10.1. The van der Waals surface area contributed by atoms with Crippen LogP contribution in [0, 0.1) is 13.8 Å². The van der Waals surface area contributed by atoms with E-state index >= 15 is 0 Å². The Kier molecular flexibility index (Phi) is 8.03. The fourth-order valence-electron chi connectivity index (χ4n) is 3.37. The number of ether oxygens (including phenoxy) is 1. The van der Waals surface area contributed by atoms with Gasteiger partial charge in [0.25, 0.3) is 0 Å². The number of benzene rings is 2. The molecule has 1 amide bonds. The van der Waals surface area contributed by atoms with Crippen LogP contribution < -0.4 is 10.1 Å². The molecule has 0 saturated carbocycles. The predicted octanol–water partition coefficient (Wildman–Crippen LogP) is 5.97. The molecule has 34 heavy (non-hydrogen) atoms. The van der Waals surface area contributed by atoms with Crippen LogP contribution in [0.15, 0.2) is 60.3 Å². The molecule has 1 atom stereocenters. The van der Waals surface area contributed by atoms with Crippen molar-refractivity contribution in [1.82, 2.24) is 14.8 Å². The number of alkyl halides is 3. The summed E-state index contributed by atoms with van der Waals surface area (Å²) < 4.78 is 46.5. The molecule has 6 nitrogen and oxygen atoms in total. The molecule has 0 bridgehead atoms. The molecule has 0 aliphatic heterocycles. The number of nitrogens with one attached hydrogen (secondary N) is 1. The Morgan fingerprint density at radius 3 is 2.56 bits per heavy atom. The number of carbonyl (C=O) groups excluding carboxylic acids is 1. The summed E-state index contributed by atoms with van der Waals surface area (Å²) in [5.41, 5.74) is 1.41. The van der Waals surface area contributed by atoms with E-state index in [1.54, 1.807) is 10.6 Å². The number of hydrogen-bond acceptors (Lipinski definition) is 5. The van der Waals surface area contributed by atoms with Gasteiger partial charge in [-0.2, -0.15) is 13.2 Å².